The highest BCUT2D eigenvalue weighted by Gasteiger charge is 2.31. The van der Waals surface area contributed by atoms with Crippen molar-refractivity contribution in [1.29, 1.82) is 0 Å². The highest BCUT2D eigenvalue weighted by atomic mass is 16.2. The van der Waals surface area contributed by atoms with Gasteiger partial charge in [0.1, 0.15) is 0 Å². The molecule has 2 aliphatic carbocycles. The van der Waals surface area contributed by atoms with Gasteiger partial charge in [-0.15, -0.1) is 0 Å². The molecule has 1 fully saturated rings. The second-order valence-electron chi connectivity index (χ2n) is 5.76. The zero-order valence-electron chi connectivity index (χ0n) is 11.2. The maximum atomic E-state index is 12.4. The summed E-state index contributed by atoms with van der Waals surface area (Å²) in [5, 5.41) is 0. The van der Waals surface area contributed by atoms with Gasteiger partial charge in [0.15, 0.2) is 0 Å². The SMILES string of the molecule is CC1CCCCC1N(C)C(=O)C1CC=CCC1. The van der Waals surface area contributed by atoms with Crippen molar-refractivity contribution in [1.82, 2.24) is 4.90 Å². The first-order valence-electron chi connectivity index (χ1n) is 7.12. The zero-order chi connectivity index (χ0) is 12.3. The van der Waals surface area contributed by atoms with Gasteiger partial charge in [0, 0.05) is 19.0 Å². The molecule has 0 heterocycles. The summed E-state index contributed by atoms with van der Waals surface area (Å²) in [4.78, 5) is 14.5. The monoisotopic (exact) mass is 235 g/mol. The van der Waals surface area contributed by atoms with Crippen LogP contribution in [0.5, 0.6) is 0 Å². The average Bonchev–Trinajstić information content (AvgIpc) is 2.39. The summed E-state index contributed by atoms with van der Waals surface area (Å²) in [6.07, 6.45) is 12.6. The van der Waals surface area contributed by atoms with E-state index in [0.717, 1.165) is 19.3 Å². The summed E-state index contributed by atoms with van der Waals surface area (Å²) in [5.74, 6) is 1.31. The van der Waals surface area contributed by atoms with E-state index in [1.54, 1.807) is 0 Å². The number of rotatable bonds is 2. The van der Waals surface area contributed by atoms with Crippen molar-refractivity contribution in [2.45, 2.75) is 57.9 Å². The van der Waals surface area contributed by atoms with E-state index < -0.39 is 0 Å². The van der Waals surface area contributed by atoms with Crippen LogP contribution in [0.25, 0.3) is 0 Å². The van der Waals surface area contributed by atoms with Gasteiger partial charge in [0.25, 0.3) is 0 Å². The van der Waals surface area contributed by atoms with Crippen LogP contribution in [0.4, 0.5) is 0 Å². The number of amides is 1. The average molecular weight is 235 g/mol. The van der Waals surface area contributed by atoms with Gasteiger partial charge in [0.2, 0.25) is 5.91 Å². The quantitative estimate of drug-likeness (QED) is 0.672. The Balaban J connectivity index is 1.95. The van der Waals surface area contributed by atoms with E-state index >= 15 is 0 Å². The molecule has 96 valence electrons. The van der Waals surface area contributed by atoms with Crippen molar-refractivity contribution in [2.75, 3.05) is 7.05 Å². The molecule has 1 amide bonds. The van der Waals surface area contributed by atoms with Crippen LogP contribution >= 0.6 is 0 Å². The molecule has 0 aliphatic heterocycles. The van der Waals surface area contributed by atoms with Crippen molar-refractivity contribution in [3.8, 4) is 0 Å². The number of allylic oxidation sites excluding steroid dienone is 2. The second kappa shape index (κ2) is 5.70. The fourth-order valence-corrected chi connectivity index (χ4v) is 3.34. The topological polar surface area (TPSA) is 20.3 Å². The lowest BCUT2D eigenvalue weighted by Crippen LogP contribution is -2.45. The summed E-state index contributed by atoms with van der Waals surface area (Å²) in [6.45, 7) is 2.30. The first kappa shape index (κ1) is 12.7. The minimum atomic E-state index is 0.249. The fraction of sp³-hybridized carbons (Fsp3) is 0.800. The van der Waals surface area contributed by atoms with Crippen molar-refractivity contribution < 1.29 is 4.79 Å². The molecule has 3 atom stereocenters. The molecular formula is C15H25NO. The van der Waals surface area contributed by atoms with E-state index in [-0.39, 0.29) is 5.92 Å². The standard InChI is InChI=1S/C15H25NO/c1-12-8-6-7-11-14(12)16(2)15(17)13-9-4-3-5-10-13/h3-4,12-14H,5-11H2,1-2H3. The molecule has 0 aromatic rings. The van der Waals surface area contributed by atoms with Crippen LogP contribution in [-0.2, 0) is 4.79 Å². The lowest BCUT2D eigenvalue weighted by Gasteiger charge is -2.38. The molecule has 3 unspecified atom stereocenters. The minimum Gasteiger partial charge on any atom is -0.342 e. The van der Waals surface area contributed by atoms with Gasteiger partial charge < -0.3 is 4.90 Å². The molecule has 0 aromatic carbocycles. The number of hydrogen-bond donors (Lipinski definition) is 0. The Labute approximate surface area is 105 Å². The molecule has 2 heteroatoms. The van der Waals surface area contributed by atoms with Gasteiger partial charge in [-0.3, -0.25) is 4.79 Å². The molecule has 0 bridgehead atoms. The molecule has 1 saturated carbocycles. The summed E-state index contributed by atoms with van der Waals surface area (Å²) in [5.41, 5.74) is 0. The smallest absolute Gasteiger partial charge is 0.226 e. The van der Waals surface area contributed by atoms with Gasteiger partial charge in [0.05, 0.1) is 0 Å². The van der Waals surface area contributed by atoms with Crippen molar-refractivity contribution >= 4 is 5.91 Å². The lowest BCUT2D eigenvalue weighted by atomic mass is 9.84. The lowest BCUT2D eigenvalue weighted by molar-refractivity contribution is -0.138. The maximum absolute atomic E-state index is 12.4. The largest absolute Gasteiger partial charge is 0.342 e. The molecular weight excluding hydrogens is 210 g/mol. The molecule has 0 saturated heterocycles. The van der Waals surface area contributed by atoms with Crippen LogP contribution in [0, 0.1) is 11.8 Å². The molecule has 0 spiro atoms. The molecule has 2 aliphatic rings. The van der Waals surface area contributed by atoms with Crippen LogP contribution in [0.1, 0.15) is 51.9 Å². The van der Waals surface area contributed by atoms with E-state index in [9.17, 15) is 4.79 Å². The molecule has 2 nitrogen and oxygen atoms in total. The van der Waals surface area contributed by atoms with Crippen LogP contribution in [0.2, 0.25) is 0 Å². The predicted molar refractivity (Wildman–Crippen MR) is 70.7 cm³/mol. The van der Waals surface area contributed by atoms with E-state index in [1.807, 2.05) is 7.05 Å². The minimum absolute atomic E-state index is 0.249. The molecule has 0 aromatic heterocycles. The number of hydrogen-bond acceptors (Lipinski definition) is 1. The fourth-order valence-electron chi connectivity index (χ4n) is 3.34. The first-order chi connectivity index (χ1) is 8.20. The second-order valence-corrected chi connectivity index (χ2v) is 5.76. The summed E-state index contributed by atoms with van der Waals surface area (Å²) < 4.78 is 0. The van der Waals surface area contributed by atoms with E-state index in [0.29, 0.717) is 17.9 Å². The van der Waals surface area contributed by atoms with E-state index in [1.165, 1.54) is 25.7 Å². The van der Waals surface area contributed by atoms with Crippen molar-refractivity contribution in [3.63, 3.8) is 0 Å². The number of carbonyl (C=O) groups is 1. The van der Waals surface area contributed by atoms with E-state index in [4.69, 9.17) is 0 Å². The highest BCUT2D eigenvalue weighted by molar-refractivity contribution is 5.79. The Hall–Kier alpha value is -0.790. The van der Waals surface area contributed by atoms with Gasteiger partial charge in [-0.1, -0.05) is 31.9 Å². The third-order valence-corrected chi connectivity index (χ3v) is 4.53. The Kier molecular flexibility index (Phi) is 4.25. The van der Waals surface area contributed by atoms with Gasteiger partial charge in [-0.25, -0.2) is 0 Å². The first-order valence-corrected chi connectivity index (χ1v) is 7.12. The Morgan fingerprint density at radius 2 is 1.94 bits per heavy atom. The van der Waals surface area contributed by atoms with Crippen molar-refractivity contribution in [3.05, 3.63) is 12.2 Å². The third kappa shape index (κ3) is 2.91. The number of carbonyl (C=O) groups excluding carboxylic acids is 1. The van der Waals surface area contributed by atoms with Crippen LogP contribution in [-0.4, -0.2) is 23.9 Å². The maximum Gasteiger partial charge on any atom is 0.226 e. The van der Waals surface area contributed by atoms with Crippen molar-refractivity contribution in [2.24, 2.45) is 11.8 Å². The third-order valence-electron chi connectivity index (χ3n) is 4.53. The Morgan fingerprint density at radius 1 is 1.18 bits per heavy atom. The Bertz CT molecular complexity index is 297. The molecule has 0 N–H and O–H groups in total. The van der Waals surface area contributed by atoms with Gasteiger partial charge in [-0.05, 0) is 38.0 Å². The normalized spacial score (nSPS) is 33.4. The summed E-state index contributed by atoms with van der Waals surface area (Å²) in [7, 11) is 2.02. The van der Waals surface area contributed by atoms with Gasteiger partial charge in [-0.2, -0.15) is 0 Å². The summed E-state index contributed by atoms with van der Waals surface area (Å²) in [6, 6.07) is 0.488. The molecule has 2 rings (SSSR count). The zero-order valence-corrected chi connectivity index (χ0v) is 11.2. The van der Waals surface area contributed by atoms with Crippen LogP contribution < -0.4 is 0 Å². The van der Waals surface area contributed by atoms with Gasteiger partial charge >= 0.3 is 0 Å². The van der Waals surface area contributed by atoms with E-state index in [2.05, 4.69) is 24.0 Å². The Morgan fingerprint density at radius 3 is 2.59 bits per heavy atom. The predicted octanol–water partition coefficient (Wildman–Crippen LogP) is 3.38. The van der Waals surface area contributed by atoms with Crippen LogP contribution in [0.15, 0.2) is 12.2 Å². The number of nitrogens with zero attached hydrogens (tertiary/aromatic N) is 1. The highest BCUT2D eigenvalue weighted by Crippen LogP contribution is 2.29. The molecule has 17 heavy (non-hydrogen) atoms. The molecule has 0 radical (unpaired) electrons. The van der Waals surface area contributed by atoms with Crippen LogP contribution in [0.3, 0.4) is 0 Å². The summed E-state index contributed by atoms with van der Waals surface area (Å²) >= 11 is 0.